The topological polar surface area (TPSA) is 84.2 Å². The second-order valence-electron chi connectivity index (χ2n) is 5.30. The van der Waals surface area contributed by atoms with E-state index in [2.05, 4.69) is 10.6 Å². The quantitative estimate of drug-likeness (QED) is 0.588. The standard InChI is InChI=1S/C17H19N3O2/c1-10-4-7-14(18)15(8-10)20-17(22)16(21)19-13-6-5-11(2)12(3)9-13/h4-9H,18H2,1-3H3,(H,19,21)(H,20,22). The van der Waals surface area contributed by atoms with E-state index in [1.165, 1.54) is 0 Å². The second kappa shape index (κ2) is 6.30. The monoisotopic (exact) mass is 297 g/mol. The molecule has 2 amide bonds. The lowest BCUT2D eigenvalue weighted by Crippen LogP contribution is -2.29. The van der Waals surface area contributed by atoms with Crippen molar-refractivity contribution in [1.29, 1.82) is 0 Å². The van der Waals surface area contributed by atoms with Crippen molar-refractivity contribution in [3.05, 3.63) is 53.1 Å². The summed E-state index contributed by atoms with van der Waals surface area (Å²) in [6.45, 7) is 5.80. The Kier molecular flexibility index (Phi) is 4.46. The fourth-order valence-corrected chi connectivity index (χ4v) is 1.96. The maximum Gasteiger partial charge on any atom is 0.314 e. The first-order chi connectivity index (χ1) is 10.4. The van der Waals surface area contributed by atoms with Crippen LogP contribution >= 0.6 is 0 Å². The van der Waals surface area contributed by atoms with E-state index in [0.717, 1.165) is 16.7 Å². The van der Waals surface area contributed by atoms with Crippen molar-refractivity contribution in [3.8, 4) is 0 Å². The highest BCUT2D eigenvalue weighted by Gasteiger charge is 2.15. The largest absolute Gasteiger partial charge is 0.397 e. The average Bonchev–Trinajstić information content (AvgIpc) is 2.46. The summed E-state index contributed by atoms with van der Waals surface area (Å²) in [7, 11) is 0. The molecule has 0 bridgehead atoms. The van der Waals surface area contributed by atoms with Crippen LogP contribution in [0.25, 0.3) is 0 Å². The first-order valence-corrected chi connectivity index (χ1v) is 6.92. The lowest BCUT2D eigenvalue weighted by molar-refractivity contribution is -0.132. The Morgan fingerprint density at radius 2 is 1.55 bits per heavy atom. The van der Waals surface area contributed by atoms with Crippen LogP contribution in [0.1, 0.15) is 16.7 Å². The lowest BCUT2D eigenvalue weighted by atomic mass is 10.1. The first-order valence-electron chi connectivity index (χ1n) is 6.92. The Balaban J connectivity index is 2.07. The van der Waals surface area contributed by atoms with Gasteiger partial charge in [-0.1, -0.05) is 12.1 Å². The molecule has 5 heteroatoms. The molecule has 0 aliphatic carbocycles. The zero-order chi connectivity index (χ0) is 16.3. The van der Waals surface area contributed by atoms with Crippen molar-refractivity contribution in [2.24, 2.45) is 0 Å². The third-order valence-electron chi connectivity index (χ3n) is 3.43. The number of aryl methyl sites for hydroxylation is 3. The molecule has 5 nitrogen and oxygen atoms in total. The number of nitrogens with one attached hydrogen (secondary N) is 2. The highest BCUT2D eigenvalue weighted by molar-refractivity contribution is 6.43. The molecule has 2 aromatic rings. The Hall–Kier alpha value is -2.82. The van der Waals surface area contributed by atoms with Crippen LogP contribution in [0.5, 0.6) is 0 Å². The van der Waals surface area contributed by atoms with Crippen LogP contribution in [0.15, 0.2) is 36.4 Å². The molecular formula is C17H19N3O2. The number of anilines is 3. The smallest absolute Gasteiger partial charge is 0.314 e. The summed E-state index contributed by atoms with van der Waals surface area (Å²) < 4.78 is 0. The molecule has 0 aliphatic rings. The first kappa shape index (κ1) is 15.6. The predicted molar refractivity (Wildman–Crippen MR) is 88.8 cm³/mol. The zero-order valence-corrected chi connectivity index (χ0v) is 12.9. The molecule has 0 fully saturated rings. The normalized spacial score (nSPS) is 10.1. The summed E-state index contributed by atoms with van der Waals surface area (Å²) in [5.74, 6) is -1.49. The Morgan fingerprint density at radius 1 is 0.864 bits per heavy atom. The maximum absolute atomic E-state index is 12.0. The van der Waals surface area contributed by atoms with Gasteiger partial charge in [0.1, 0.15) is 0 Å². The van der Waals surface area contributed by atoms with E-state index in [-0.39, 0.29) is 0 Å². The van der Waals surface area contributed by atoms with Gasteiger partial charge in [-0.2, -0.15) is 0 Å². The van der Waals surface area contributed by atoms with Crippen LogP contribution in [0.4, 0.5) is 17.1 Å². The van der Waals surface area contributed by atoms with Crippen molar-refractivity contribution >= 4 is 28.9 Å². The van der Waals surface area contributed by atoms with Crippen LogP contribution in [0.3, 0.4) is 0 Å². The lowest BCUT2D eigenvalue weighted by Gasteiger charge is -2.10. The minimum Gasteiger partial charge on any atom is -0.397 e. The van der Waals surface area contributed by atoms with Crippen LogP contribution < -0.4 is 16.4 Å². The molecule has 0 saturated heterocycles. The third kappa shape index (κ3) is 3.63. The summed E-state index contributed by atoms with van der Waals surface area (Å²) in [5.41, 5.74) is 10.3. The minimum absolute atomic E-state index is 0.415. The van der Waals surface area contributed by atoms with Crippen LogP contribution in [0.2, 0.25) is 0 Å². The molecule has 22 heavy (non-hydrogen) atoms. The van der Waals surface area contributed by atoms with Crippen molar-refractivity contribution < 1.29 is 9.59 Å². The molecule has 0 unspecified atom stereocenters. The summed E-state index contributed by atoms with van der Waals surface area (Å²) in [5, 5.41) is 5.09. The van der Waals surface area contributed by atoms with Gasteiger partial charge in [-0.25, -0.2) is 0 Å². The highest BCUT2D eigenvalue weighted by atomic mass is 16.2. The van der Waals surface area contributed by atoms with Crippen molar-refractivity contribution in [2.45, 2.75) is 20.8 Å². The van der Waals surface area contributed by atoms with Crippen molar-refractivity contribution in [1.82, 2.24) is 0 Å². The highest BCUT2D eigenvalue weighted by Crippen LogP contribution is 2.19. The Morgan fingerprint density at radius 3 is 2.23 bits per heavy atom. The van der Waals surface area contributed by atoms with Crippen molar-refractivity contribution in [2.75, 3.05) is 16.4 Å². The number of hydrogen-bond acceptors (Lipinski definition) is 3. The van der Waals surface area contributed by atoms with Gasteiger partial charge in [-0.15, -0.1) is 0 Å². The number of carbonyl (C=O) groups excluding carboxylic acids is 2. The van der Waals surface area contributed by atoms with Gasteiger partial charge in [-0.3, -0.25) is 9.59 Å². The van der Waals surface area contributed by atoms with E-state index < -0.39 is 11.8 Å². The van der Waals surface area contributed by atoms with Gasteiger partial charge in [-0.05, 0) is 61.7 Å². The number of carbonyl (C=O) groups is 2. The van der Waals surface area contributed by atoms with Gasteiger partial charge >= 0.3 is 11.8 Å². The van der Waals surface area contributed by atoms with E-state index in [9.17, 15) is 9.59 Å². The number of hydrogen-bond donors (Lipinski definition) is 3. The van der Waals surface area contributed by atoms with E-state index in [0.29, 0.717) is 17.1 Å². The molecule has 0 heterocycles. The molecule has 0 atom stereocenters. The molecule has 0 aliphatic heterocycles. The number of amides is 2. The molecule has 114 valence electrons. The van der Waals surface area contributed by atoms with Crippen LogP contribution in [0, 0.1) is 20.8 Å². The summed E-state index contributed by atoms with van der Waals surface area (Å²) in [6, 6.07) is 10.7. The van der Waals surface area contributed by atoms with Gasteiger partial charge in [0.2, 0.25) is 0 Å². The molecule has 4 N–H and O–H groups in total. The number of nitrogen functional groups attached to an aromatic ring is 1. The summed E-state index contributed by atoms with van der Waals surface area (Å²) >= 11 is 0. The van der Waals surface area contributed by atoms with E-state index in [4.69, 9.17) is 5.73 Å². The van der Waals surface area contributed by atoms with Gasteiger partial charge < -0.3 is 16.4 Å². The third-order valence-corrected chi connectivity index (χ3v) is 3.43. The molecule has 0 aromatic heterocycles. The minimum atomic E-state index is -0.754. The SMILES string of the molecule is Cc1ccc(N)c(NC(=O)C(=O)Nc2ccc(C)c(C)c2)c1. The van der Waals surface area contributed by atoms with Crippen molar-refractivity contribution in [3.63, 3.8) is 0 Å². The molecule has 2 rings (SSSR count). The number of rotatable bonds is 2. The summed E-state index contributed by atoms with van der Waals surface area (Å²) in [6.07, 6.45) is 0. The summed E-state index contributed by atoms with van der Waals surface area (Å²) in [4.78, 5) is 23.9. The fourth-order valence-electron chi connectivity index (χ4n) is 1.96. The molecular weight excluding hydrogens is 278 g/mol. The fraction of sp³-hybridized carbons (Fsp3) is 0.176. The number of benzene rings is 2. The Bertz CT molecular complexity index is 739. The predicted octanol–water partition coefficient (Wildman–Crippen LogP) is 2.77. The zero-order valence-electron chi connectivity index (χ0n) is 12.9. The van der Waals surface area contributed by atoms with Gasteiger partial charge in [0.25, 0.3) is 0 Å². The molecule has 0 radical (unpaired) electrons. The second-order valence-corrected chi connectivity index (χ2v) is 5.30. The van der Waals surface area contributed by atoms with Crippen LogP contribution in [-0.4, -0.2) is 11.8 Å². The van der Waals surface area contributed by atoms with Gasteiger partial charge in [0, 0.05) is 5.69 Å². The Labute approximate surface area is 129 Å². The van der Waals surface area contributed by atoms with E-state index >= 15 is 0 Å². The molecule has 2 aromatic carbocycles. The van der Waals surface area contributed by atoms with Gasteiger partial charge in [0.05, 0.1) is 11.4 Å². The van der Waals surface area contributed by atoms with E-state index in [1.54, 1.807) is 18.2 Å². The molecule has 0 saturated carbocycles. The van der Waals surface area contributed by atoms with E-state index in [1.807, 2.05) is 39.0 Å². The molecule has 0 spiro atoms. The van der Waals surface area contributed by atoms with Crippen LogP contribution in [-0.2, 0) is 9.59 Å². The maximum atomic E-state index is 12.0. The average molecular weight is 297 g/mol. The van der Waals surface area contributed by atoms with Gasteiger partial charge in [0.15, 0.2) is 0 Å². The number of nitrogens with two attached hydrogens (primary N) is 1.